The van der Waals surface area contributed by atoms with Crippen molar-refractivity contribution in [2.24, 2.45) is 0 Å². The summed E-state index contributed by atoms with van der Waals surface area (Å²) in [4.78, 5) is 44.6. The van der Waals surface area contributed by atoms with E-state index in [1.807, 2.05) is 0 Å². The molecule has 1 N–H and O–H groups in total. The number of nitro groups is 1. The van der Waals surface area contributed by atoms with Crippen molar-refractivity contribution in [2.45, 2.75) is 19.4 Å². The number of non-ortho nitro benzene ring substituents is 1. The Balaban J connectivity index is 2.87. The van der Waals surface area contributed by atoms with E-state index in [4.69, 9.17) is 0 Å². The fraction of sp³-hybridized carbons (Fsp3) is 0.308. The standard InChI is InChI=1S/C13H14N2O6/c1-8(16)11(7-12(17)21-2)14-13(18)9-4-3-5-10(6-9)15(19)20/h3-6,11H,7H2,1-2H3,(H,14,18). The Bertz CT molecular complexity index is 584. The molecular formula is C13H14N2O6. The number of carbonyl (C=O) groups is 3. The normalized spacial score (nSPS) is 11.3. The summed E-state index contributed by atoms with van der Waals surface area (Å²) >= 11 is 0. The van der Waals surface area contributed by atoms with E-state index in [1.54, 1.807) is 0 Å². The Labute approximate surface area is 120 Å². The number of esters is 1. The maximum atomic E-state index is 12.0. The van der Waals surface area contributed by atoms with Crippen LogP contribution in [0.15, 0.2) is 24.3 Å². The maximum Gasteiger partial charge on any atom is 0.308 e. The third-order valence-electron chi connectivity index (χ3n) is 2.71. The van der Waals surface area contributed by atoms with Crippen LogP contribution in [0.2, 0.25) is 0 Å². The van der Waals surface area contributed by atoms with Gasteiger partial charge in [0.25, 0.3) is 11.6 Å². The Morgan fingerprint density at radius 3 is 2.57 bits per heavy atom. The number of amides is 1. The molecule has 0 spiro atoms. The highest BCUT2D eigenvalue weighted by Gasteiger charge is 2.22. The van der Waals surface area contributed by atoms with Crippen LogP contribution in [-0.2, 0) is 14.3 Å². The second-order valence-corrected chi connectivity index (χ2v) is 4.22. The summed E-state index contributed by atoms with van der Waals surface area (Å²) in [5.74, 6) is -1.74. The molecule has 0 saturated carbocycles. The number of rotatable bonds is 6. The highest BCUT2D eigenvalue weighted by Crippen LogP contribution is 2.13. The van der Waals surface area contributed by atoms with Crippen LogP contribution < -0.4 is 5.32 Å². The number of hydrogen-bond acceptors (Lipinski definition) is 6. The third-order valence-corrected chi connectivity index (χ3v) is 2.71. The highest BCUT2D eigenvalue weighted by atomic mass is 16.6. The van der Waals surface area contributed by atoms with Crippen molar-refractivity contribution in [2.75, 3.05) is 7.11 Å². The topological polar surface area (TPSA) is 116 Å². The molecule has 8 heteroatoms. The summed E-state index contributed by atoms with van der Waals surface area (Å²) in [7, 11) is 1.17. The van der Waals surface area contributed by atoms with Crippen molar-refractivity contribution in [1.29, 1.82) is 0 Å². The van der Waals surface area contributed by atoms with Gasteiger partial charge in [-0.3, -0.25) is 24.5 Å². The predicted molar refractivity (Wildman–Crippen MR) is 71.7 cm³/mol. The molecule has 21 heavy (non-hydrogen) atoms. The van der Waals surface area contributed by atoms with Gasteiger partial charge in [-0.25, -0.2) is 0 Å². The minimum absolute atomic E-state index is 0.0281. The van der Waals surface area contributed by atoms with E-state index in [-0.39, 0.29) is 17.7 Å². The SMILES string of the molecule is COC(=O)CC(NC(=O)c1cccc([N+](=O)[O-])c1)C(C)=O. The van der Waals surface area contributed by atoms with Gasteiger partial charge >= 0.3 is 5.97 Å². The lowest BCUT2D eigenvalue weighted by Gasteiger charge is -2.14. The summed E-state index contributed by atoms with van der Waals surface area (Å²) in [6, 6.07) is 4.02. The molecule has 112 valence electrons. The first-order chi connectivity index (χ1) is 9.85. The van der Waals surface area contributed by atoms with Crippen LogP contribution in [0.4, 0.5) is 5.69 Å². The fourth-order valence-corrected chi connectivity index (χ4v) is 1.55. The van der Waals surface area contributed by atoms with Crippen molar-refractivity contribution in [1.82, 2.24) is 5.32 Å². The molecule has 0 aliphatic rings. The molecule has 0 radical (unpaired) electrons. The first kappa shape index (κ1) is 16.3. The summed E-state index contributed by atoms with van der Waals surface area (Å²) in [5, 5.41) is 13.0. The number of ketones is 1. The number of ether oxygens (including phenoxy) is 1. The zero-order valence-corrected chi connectivity index (χ0v) is 11.5. The molecule has 1 unspecified atom stereocenters. The lowest BCUT2D eigenvalue weighted by molar-refractivity contribution is -0.384. The van der Waals surface area contributed by atoms with Crippen molar-refractivity contribution in [3.63, 3.8) is 0 Å². The summed E-state index contributed by atoms with van der Waals surface area (Å²) < 4.78 is 4.44. The zero-order chi connectivity index (χ0) is 16.0. The molecule has 0 fully saturated rings. The number of nitrogens with zero attached hydrogens (tertiary/aromatic N) is 1. The monoisotopic (exact) mass is 294 g/mol. The van der Waals surface area contributed by atoms with Crippen LogP contribution in [0.1, 0.15) is 23.7 Å². The van der Waals surface area contributed by atoms with Gasteiger partial charge in [-0.15, -0.1) is 0 Å². The number of hydrogen-bond donors (Lipinski definition) is 1. The van der Waals surface area contributed by atoms with Crippen LogP contribution >= 0.6 is 0 Å². The molecule has 1 rings (SSSR count). The van der Waals surface area contributed by atoms with E-state index in [1.165, 1.54) is 32.2 Å². The van der Waals surface area contributed by atoms with E-state index < -0.39 is 28.6 Å². The number of nitro benzene ring substituents is 1. The quantitative estimate of drug-likeness (QED) is 0.472. The number of benzene rings is 1. The third kappa shape index (κ3) is 4.68. The summed E-state index contributed by atoms with van der Waals surface area (Å²) in [6.45, 7) is 1.22. The summed E-state index contributed by atoms with van der Waals surface area (Å²) in [5.41, 5.74) is -0.213. The maximum absolute atomic E-state index is 12.0. The van der Waals surface area contributed by atoms with Gasteiger partial charge in [0.1, 0.15) is 0 Å². The average Bonchev–Trinajstić information content (AvgIpc) is 2.46. The van der Waals surface area contributed by atoms with E-state index in [9.17, 15) is 24.5 Å². The minimum atomic E-state index is -1.04. The molecule has 8 nitrogen and oxygen atoms in total. The van der Waals surface area contributed by atoms with Crippen LogP contribution in [-0.4, -0.2) is 35.7 Å². The predicted octanol–water partition coefficient (Wildman–Crippen LogP) is 0.845. The summed E-state index contributed by atoms with van der Waals surface area (Å²) in [6.07, 6.45) is -0.299. The number of Topliss-reactive ketones (excluding diaryl/α,β-unsaturated/α-hetero) is 1. The number of carbonyl (C=O) groups excluding carboxylic acids is 3. The largest absolute Gasteiger partial charge is 0.469 e. The van der Waals surface area contributed by atoms with Gasteiger partial charge in [-0.2, -0.15) is 0 Å². The van der Waals surface area contributed by atoms with Gasteiger partial charge in [-0.05, 0) is 13.0 Å². The van der Waals surface area contributed by atoms with E-state index in [0.717, 1.165) is 6.07 Å². The molecule has 0 heterocycles. The zero-order valence-electron chi connectivity index (χ0n) is 11.5. The van der Waals surface area contributed by atoms with Crippen LogP contribution in [0, 0.1) is 10.1 Å². The van der Waals surface area contributed by atoms with Crippen LogP contribution in [0.5, 0.6) is 0 Å². The van der Waals surface area contributed by atoms with Crippen molar-refractivity contribution in [3.8, 4) is 0 Å². The molecular weight excluding hydrogens is 280 g/mol. The molecule has 0 aromatic heterocycles. The fourth-order valence-electron chi connectivity index (χ4n) is 1.55. The first-order valence-corrected chi connectivity index (χ1v) is 5.97. The molecule has 0 bridgehead atoms. The minimum Gasteiger partial charge on any atom is -0.469 e. The Hall–Kier alpha value is -2.77. The Morgan fingerprint density at radius 2 is 2.05 bits per heavy atom. The average molecular weight is 294 g/mol. The van der Waals surface area contributed by atoms with Gasteiger partial charge in [0, 0.05) is 17.7 Å². The van der Waals surface area contributed by atoms with E-state index >= 15 is 0 Å². The molecule has 1 aromatic rings. The molecule has 1 aromatic carbocycles. The molecule has 1 amide bonds. The van der Waals surface area contributed by atoms with Gasteiger partial charge in [0.2, 0.25) is 0 Å². The molecule has 1 atom stereocenters. The van der Waals surface area contributed by atoms with Crippen LogP contribution in [0.3, 0.4) is 0 Å². The second-order valence-electron chi connectivity index (χ2n) is 4.22. The lowest BCUT2D eigenvalue weighted by Crippen LogP contribution is -2.41. The Morgan fingerprint density at radius 1 is 1.38 bits per heavy atom. The molecule has 0 aliphatic carbocycles. The van der Waals surface area contributed by atoms with Gasteiger partial charge in [0.15, 0.2) is 5.78 Å². The number of nitrogens with one attached hydrogen (secondary N) is 1. The molecule has 0 saturated heterocycles. The first-order valence-electron chi connectivity index (χ1n) is 5.97. The van der Waals surface area contributed by atoms with Gasteiger partial charge in [-0.1, -0.05) is 6.07 Å². The molecule has 0 aliphatic heterocycles. The number of methoxy groups -OCH3 is 1. The van der Waals surface area contributed by atoms with Crippen molar-refractivity contribution < 1.29 is 24.0 Å². The van der Waals surface area contributed by atoms with Gasteiger partial charge in [0.05, 0.1) is 24.5 Å². The smallest absolute Gasteiger partial charge is 0.308 e. The van der Waals surface area contributed by atoms with Crippen LogP contribution in [0.25, 0.3) is 0 Å². The lowest BCUT2D eigenvalue weighted by atomic mass is 10.1. The van der Waals surface area contributed by atoms with E-state index in [2.05, 4.69) is 10.1 Å². The van der Waals surface area contributed by atoms with Crippen molar-refractivity contribution >= 4 is 23.3 Å². The highest BCUT2D eigenvalue weighted by molar-refractivity contribution is 5.98. The Kier molecular flexibility index (Phi) is 5.53. The second kappa shape index (κ2) is 7.13. The van der Waals surface area contributed by atoms with E-state index in [0.29, 0.717) is 0 Å². The van der Waals surface area contributed by atoms with Crippen molar-refractivity contribution in [3.05, 3.63) is 39.9 Å². The van der Waals surface area contributed by atoms with Gasteiger partial charge < -0.3 is 10.1 Å².